The van der Waals surface area contributed by atoms with E-state index in [2.05, 4.69) is 32.0 Å². The molecule has 214 valence electrons. The summed E-state index contributed by atoms with van der Waals surface area (Å²) < 4.78 is 16.7. The lowest BCUT2D eigenvalue weighted by Gasteiger charge is -2.35. The lowest BCUT2D eigenvalue weighted by molar-refractivity contribution is 0.270. The predicted octanol–water partition coefficient (Wildman–Crippen LogP) is 6.82. The fourth-order valence-corrected chi connectivity index (χ4v) is 5.81. The number of nitrogens with zero attached hydrogens (tertiary/aromatic N) is 5. The number of hydrogen-bond donors (Lipinski definition) is 1. The molecule has 3 heterocycles. The molecule has 7 nitrogen and oxygen atoms in total. The number of piperazine rings is 1. The molecule has 1 N–H and O–H groups in total. The van der Waals surface area contributed by atoms with E-state index >= 15 is 4.39 Å². The van der Waals surface area contributed by atoms with Crippen LogP contribution in [0.25, 0.3) is 33.3 Å². The van der Waals surface area contributed by atoms with Crippen LogP contribution in [0.3, 0.4) is 0 Å². The molecule has 0 spiro atoms. The fourth-order valence-electron chi connectivity index (χ4n) is 5.52. The van der Waals surface area contributed by atoms with E-state index in [1.165, 1.54) is 6.07 Å². The van der Waals surface area contributed by atoms with E-state index in [1.54, 1.807) is 22.9 Å². The van der Waals surface area contributed by atoms with Crippen molar-refractivity contribution < 1.29 is 4.39 Å². The van der Waals surface area contributed by atoms with Gasteiger partial charge in [-0.05, 0) is 54.9 Å². The first kappa shape index (κ1) is 27.9. The molecule has 9 heteroatoms. The number of halogens is 2. The van der Waals surface area contributed by atoms with Crippen LogP contribution in [0.4, 0.5) is 21.7 Å². The van der Waals surface area contributed by atoms with Crippen molar-refractivity contribution in [1.29, 1.82) is 0 Å². The van der Waals surface area contributed by atoms with E-state index in [-0.39, 0.29) is 17.3 Å². The molecule has 0 atom stereocenters. The second kappa shape index (κ2) is 11.9. The van der Waals surface area contributed by atoms with Crippen molar-refractivity contribution in [2.24, 2.45) is 0 Å². The zero-order valence-electron chi connectivity index (χ0n) is 23.6. The van der Waals surface area contributed by atoms with Gasteiger partial charge in [-0.25, -0.2) is 9.37 Å². The minimum atomic E-state index is -0.295. The summed E-state index contributed by atoms with van der Waals surface area (Å²) in [5.74, 6) is -0.0122. The summed E-state index contributed by atoms with van der Waals surface area (Å²) in [6.45, 7) is 8.90. The second-order valence-corrected chi connectivity index (χ2v) is 10.8. The molecular formula is C33H32ClFN6O. The first-order chi connectivity index (χ1) is 20.4. The van der Waals surface area contributed by atoms with E-state index in [0.717, 1.165) is 43.9 Å². The quantitative estimate of drug-likeness (QED) is 0.227. The maximum Gasteiger partial charge on any atom is 0.260 e. The van der Waals surface area contributed by atoms with Gasteiger partial charge >= 0.3 is 0 Å². The average Bonchev–Trinajstić information content (AvgIpc) is 3.02. The SMILES string of the molecule is CCN1CCN(c2ccc(Nc3ncc4cc(-c5ccc(-c6ccccc6)cc5Cl)c(=O)n(CC)c4n3)cc2F)CC1. The highest BCUT2D eigenvalue weighted by molar-refractivity contribution is 6.33. The van der Waals surface area contributed by atoms with E-state index in [4.69, 9.17) is 11.6 Å². The van der Waals surface area contributed by atoms with Crippen LogP contribution in [0.1, 0.15) is 13.8 Å². The largest absolute Gasteiger partial charge is 0.367 e. The Kier molecular flexibility index (Phi) is 7.91. The van der Waals surface area contributed by atoms with Crippen molar-refractivity contribution in [3.05, 3.63) is 100 Å². The number of pyridine rings is 1. The molecular weight excluding hydrogens is 551 g/mol. The third-order valence-electron chi connectivity index (χ3n) is 7.87. The number of anilines is 3. The first-order valence-electron chi connectivity index (χ1n) is 14.2. The third kappa shape index (κ3) is 5.47. The highest BCUT2D eigenvalue weighted by Crippen LogP contribution is 2.32. The molecule has 0 saturated carbocycles. The van der Waals surface area contributed by atoms with Crippen LogP contribution in [-0.4, -0.2) is 52.2 Å². The maximum atomic E-state index is 15.1. The number of aryl methyl sites for hydroxylation is 1. The van der Waals surface area contributed by atoms with Crippen molar-refractivity contribution in [2.75, 3.05) is 42.9 Å². The Balaban J connectivity index is 1.28. The van der Waals surface area contributed by atoms with E-state index in [0.29, 0.717) is 45.1 Å². The Hall–Kier alpha value is -4.27. The van der Waals surface area contributed by atoms with Gasteiger partial charge in [-0.15, -0.1) is 0 Å². The van der Waals surface area contributed by atoms with Gasteiger partial charge in [-0.3, -0.25) is 9.36 Å². The lowest BCUT2D eigenvalue weighted by Crippen LogP contribution is -2.46. The highest BCUT2D eigenvalue weighted by Gasteiger charge is 2.19. The second-order valence-electron chi connectivity index (χ2n) is 10.4. The van der Waals surface area contributed by atoms with Gasteiger partial charge in [0.15, 0.2) is 0 Å². The molecule has 1 aliphatic rings. The smallest absolute Gasteiger partial charge is 0.260 e. The Morgan fingerprint density at radius 3 is 2.36 bits per heavy atom. The van der Waals surface area contributed by atoms with Crippen molar-refractivity contribution in [3.63, 3.8) is 0 Å². The minimum Gasteiger partial charge on any atom is -0.367 e. The Bertz CT molecular complexity index is 1800. The molecule has 0 unspecified atom stereocenters. The van der Waals surface area contributed by atoms with Crippen molar-refractivity contribution in [3.8, 4) is 22.3 Å². The molecule has 0 amide bonds. The van der Waals surface area contributed by atoms with Gasteiger partial charge in [0.25, 0.3) is 5.56 Å². The zero-order valence-corrected chi connectivity index (χ0v) is 24.4. The normalized spacial score (nSPS) is 14.0. The van der Waals surface area contributed by atoms with Gasteiger partial charge in [0.05, 0.1) is 5.69 Å². The van der Waals surface area contributed by atoms with Crippen LogP contribution in [-0.2, 0) is 6.54 Å². The number of hydrogen-bond acceptors (Lipinski definition) is 6. The number of benzene rings is 3. The van der Waals surface area contributed by atoms with E-state index < -0.39 is 0 Å². The molecule has 0 radical (unpaired) electrons. The summed E-state index contributed by atoms with van der Waals surface area (Å²) in [6.07, 6.45) is 1.67. The molecule has 6 rings (SSSR count). The first-order valence-corrected chi connectivity index (χ1v) is 14.6. The van der Waals surface area contributed by atoms with Crippen molar-refractivity contribution in [2.45, 2.75) is 20.4 Å². The van der Waals surface area contributed by atoms with Gasteiger partial charge in [0.2, 0.25) is 5.95 Å². The standard InChI is InChI=1S/C33H32ClFN6O/c1-3-39-14-16-40(17-15-39)30-13-11-25(20-29(30)35)37-33-36-21-24-18-27(32(42)41(4-2)31(24)38-33)26-12-10-23(19-28(26)34)22-8-6-5-7-9-22/h5-13,18-21H,3-4,14-17H2,1-2H3,(H,36,37,38). The Morgan fingerprint density at radius 2 is 1.67 bits per heavy atom. The summed E-state index contributed by atoms with van der Waals surface area (Å²) in [7, 11) is 0. The Labute approximate surface area is 249 Å². The van der Waals surface area contributed by atoms with Crippen LogP contribution >= 0.6 is 11.6 Å². The predicted molar refractivity (Wildman–Crippen MR) is 169 cm³/mol. The van der Waals surface area contributed by atoms with Gasteiger partial charge < -0.3 is 15.1 Å². The molecule has 1 saturated heterocycles. The molecule has 42 heavy (non-hydrogen) atoms. The molecule has 3 aromatic carbocycles. The summed E-state index contributed by atoms with van der Waals surface area (Å²) in [6, 6.07) is 22.6. The maximum absolute atomic E-state index is 15.1. The molecule has 1 aliphatic heterocycles. The topological polar surface area (TPSA) is 66.3 Å². The summed E-state index contributed by atoms with van der Waals surface area (Å²) >= 11 is 6.71. The van der Waals surface area contributed by atoms with Crippen LogP contribution in [0, 0.1) is 5.82 Å². The van der Waals surface area contributed by atoms with Gasteiger partial charge in [-0.2, -0.15) is 4.98 Å². The zero-order chi connectivity index (χ0) is 29.2. The van der Waals surface area contributed by atoms with Crippen LogP contribution < -0.4 is 15.8 Å². The summed E-state index contributed by atoms with van der Waals surface area (Å²) in [5.41, 5.74) is 4.59. The molecule has 0 bridgehead atoms. The molecule has 5 aromatic rings. The lowest BCUT2D eigenvalue weighted by atomic mass is 10.0. The van der Waals surface area contributed by atoms with Gasteiger partial charge in [-0.1, -0.05) is 61.0 Å². The number of likely N-dealkylation sites (N-methyl/N-ethyl adjacent to an activating group) is 1. The van der Waals surface area contributed by atoms with Crippen LogP contribution in [0.15, 0.2) is 83.8 Å². The Morgan fingerprint density at radius 1 is 0.881 bits per heavy atom. The monoisotopic (exact) mass is 582 g/mol. The molecule has 2 aromatic heterocycles. The summed E-state index contributed by atoms with van der Waals surface area (Å²) in [4.78, 5) is 27.2. The van der Waals surface area contributed by atoms with E-state index in [1.807, 2.05) is 61.5 Å². The summed E-state index contributed by atoms with van der Waals surface area (Å²) in [5, 5.41) is 4.30. The number of aromatic nitrogens is 3. The van der Waals surface area contributed by atoms with Gasteiger partial charge in [0.1, 0.15) is 11.5 Å². The number of fused-ring (bicyclic) bond motifs is 1. The fraction of sp³-hybridized carbons (Fsp3) is 0.242. The number of nitrogens with one attached hydrogen (secondary N) is 1. The van der Waals surface area contributed by atoms with Crippen LogP contribution in [0.2, 0.25) is 5.02 Å². The highest BCUT2D eigenvalue weighted by atomic mass is 35.5. The van der Waals surface area contributed by atoms with Crippen molar-refractivity contribution in [1.82, 2.24) is 19.4 Å². The van der Waals surface area contributed by atoms with Crippen molar-refractivity contribution >= 4 is 40.0 Å². The van der Waals surface area contributed by atoms with Gasteiger partial charge in [0, 0.05) is 66.1 Å². The third-order valence-corrected chi connectivity index (χ3v) is 8.19. The molecule has 0 aliphatic carbocycles. The minimum absolute atomic E-state index is 0.192. The van der Waals surface area contributed by atoms with Crippen LogP contribution in [0.5, 0.6) is 0 Å². The molecule has 1 fully saturated rings. The number of rotatable bonds is 7. The average molecular weight is 583 g/mol. The van der Waals surface area contributed by atoms with E-state index in [9.17, 15) is 4.79 Å².